The average Bonchev–Trinajstić information content (AvgIpc) is 1.85. The molecule has 0 bridgehead atoms. The molecule has 0 spiro atoms. The lowest BCUT2D eigenvalue weighted by Gasteiger charge is -2.14. The van der Waals surface area contributed by atoms with Crippen LogP contribution in [-0.2, 0) is 9.53 Å². The largest absolute Gasteiger partial charge is 0.466 e. The Bertz CT molecular complexity index is 157. The highest BCUT2D eigenvalue weighted by atomic mass is 35.5. The lowest BCUT2D eigenvalue weighted by molar-refractivity contribution is -0.149. The number of aliphatic hydroxyl groups excluding tert-OH is 1. The van der Waals surface area contributed by atoms with Gasteiger partial charge in [-0.3, -0.25) is 4.79 Å². The number of esters is 1. The van der Waals surface area contributed by atoms with Crippen molar-refractivity contribution >= 4 is 17.6 Å². The second kappa shape index (κ2) is 4.57. The van der Waals surface area contributed by atoms with Crippen LogP contribution in [-0.4, -0.2) is 29.2 Å². The smallest absolute Gasteiger partial charge is 0.347 e. The Balaban J connectivity index is 3.84. The molecule has 1 unspecified atom stereocenters. The van der Waals surface area contributed by atoms with Crippen LogP contribution in [0.5, 0.6) is 0 Å². The van der Waals surface area contributed by atoms with Crippen molar-refractivity contribution in [1.29, 1.82) is 0 Å². The Kier molecular flexibility index (Phi) is 4.41. The molecule has 0 fully saturated rings. The van der Waals surface area contributed by atoms with Gasteiger partial charge in [0.1, 0.15) is 6.10 Å². The predicted octanol–water partition coefficient (Wildman–Crippen LogP) is 1.13. The topological polar surface area (TPSA) is 46.5 Å². The number of hydrogen-bond donors (Lipinski definition) is 1. The van der Waals surface area contributed by atoms with E-state index in [4.69, 9.17) is 5.11 Å². The van der Waals surface area contributed by atoms with Gasteiger partial charge in [0.25, 0.3) is 0 Å². The Hall–Kier alpha value is -0.420. The fraction of sp³-hybridized carbons (Fsp3) is 0.833. The molecule has 0 heterocycles. The van der Waals surface area contributed by atoms with E-state index in [-0.39, 0.29) is 6.61 Å². The Morgan fingerprint density at radius 2 is 2.25 bits per heavy atom. The molecule has 0 aliphatic heterocycles. The van der Waals surface area contributed by atoms with E-state index >= 15 is 0 Å². The van der Waals surface area contributed by atoms with Crippen LogP contribution in [0.1, 0.15) is 13.3 Å². The lowest BCUT2D eigenvalue weighted by atomic mass is 10.2. The van der Waals surface area contributed by atoms with Crippen molar-refractivity contribution in [3.8, 4) is 0 Å². The predicted molar refractivity (Wildman–Crippen MR) is 38.1 cm³/mol. The number of alkyl halides is 3. The van der Waals surface area contributed by atoms with Gasteiger partial charge < -0.3 is 9.84 Å². The monoisotopic (exact) mass is 202 g/mol. The maximum Gasteiger partial charge on any atom is 0.347 e. The number of carbonyl (C=O) groups is 1. The molecule has 6 heteroatoms. The molecule has 0 rings (SSSR count). The van der Waals surface area contributed by atoms with Crippen molar-refractivity contribution in [1.82, 2.24) is 0 Å². The van der Waals surface area contributed by atoms with E-state index in [2.05, 4.69) is 16.3 Å². The molecule has 0 aromatic rings. The van der Waals surface area contributed by atoms with Gasteiger partial charge in [0.2, 0.25) is 0 Å². The van der Waals surface area contributed by atoms with Gasteiger partial charge in [-0.25, -0.2) is 0 Å². The van der Waals surface area contributed by atoms with Crippen LogP contribution in [0.15, 0.2) is 0 Å². The maximum absolute atomic E-state index is 12.0. The highest BCUT2D eigenvalue weighted by molar-refractivity contribution is 6.22. The number of carbonyl (C=O) groups excluding carboxylic acids is 1. The van der Waals surface area contributed by atoms with Crippen LogP contribution in [0.25, 0.3) is 0 Å². The van der Waals surface area contributed by atoms with Crippen molar-refractivity contribution in [2.45, 2.75) is 24.8 Å². The number of ether oxygens (including phenoxy) is 1. The molecule has 72 valence electrons. The zero-order chi connectivity index (χ0) is 9.78. The molecule has 1 atom stereocenters. The minimum atomic E-state index is -3.78. The van der Waals surface area contributed by atoms with Crippen LogP contribution in [0.2, 0.25) is 0 Å². The number of rotatable bonds is 4. The number of aliphatic hydroxyl groups is 1. The second-order valence-corrected chi connectivity index (χ2v) is 2.57. The molecule has 1 N–H and O–H groups in total. The fourth-order valence-corrected chi connectivity index (χ4v) is 0.571. The summed E-state index contributed by atoms with van der Waals surface area (Å²) < 4.78 is 28.4. The highest BCUT2D eigenvalue weighted by Crippen LogP contribution is 2.25. The van der Waals surface area contributed by atoms with Crippen molar-refractivity contribution in [3.63, 3.8) is 0 Å². The first-order valence-corrected chi connectivity index (χ1v) is 3.66. The maximum atomic E-state index is 12.0. The molecule has 0 aromatic carbocycles. The van der Waals surface area contributed by atoms with Gasteiger partial charge in [-0.15, -0.1) is 0 Å². The molecular formula is C6H9ClF2O3. The number of hydrogen-bond acceptors (Lipinski definition) is 3. The minimum absolute atomic E-state index is 0.0827. The van der Waals surface area contributed by atoms with Crippen LogP contribution in [0, 0.1) is 0 Å². The first kappa shape index (κ1) is 11.6. The third-order valence-corrected chi connectivity index (χ3v) is 1.30. The average molecular weight is 203 g/mol. The van der Waals surface area contributed by atoms with Crippen molar-refractivity contribution < 1.29 is 23.4 Å². The van der Waals surface area contributed by atoms with Crippen LogP contribution >= 0.6 is 11.6 Å². The Morgan fingerprint density at radius 3 is 2.58 bits per heavy atom. The van der Waals surface area contributed by atoms with Gasteiger partial charge in [0.05, 0.1) is 13.0 Å². The molecule has 0 aliphatic carbocycles. The summed E-state index contributed by atoms with van der Waals surface area (Å²) in [5, 5.41) is 4.82. The minimum Gasteiger partial charge on any atom is -0.466 e. The third-order valence-electron chi connectivity index (χ3n) is 1.04. The van der Waals surface area contributed by atoms with E-state index < -0.39 is 23.9 Å². The van der Waals surface area contributed by atoms with E-state index in [9.17, 15) is 13.6 Å². The summed E-state index contributed by atoms with van der Waals surface area (Å²) in [6.45, 7) is 1.61. The first-order valence-electron chi connectivity index (χ1n) is 3.28. The van der Waals surface area contributed by atoms with Crippen LogP contribution < -0.4 is 0 Å². The molecule has 0 radical (unpaired) electrons. The SMILES string of the molecule is CCOC(=O)CC(O)C(F)(F)Cl. The van der Waals surface area contributed by atoms with Gasteiger partial charge in [0.15, 0.2) is 0 Å². The first-order chi connectivity index (χ1) is 5.38. The highest BCUT2D eigenvalue weighted by Gasteiger charge is 2.37. The second-order valence-electron chi connectivity index (χ2n) is 2.07. The molecule has 0 saturated carbocycles. The lowest BCUT2D eigenvalue weighted by Crippen LogP contribution is -2.30. The zero-order valence-electron chi connectivity index (χ0n) is 6.39. The normalized spacial score (nSPS) is 14.1. The fourth-order valence-electron chi connectivity index (χ4n) is 0.494. The summed E-state index contributed by atoms with van der Waals surface area (Å²) in [5.41, 5.74) is 0. The van der Waals surface area contributed by atoms with E-state index in [0.29, 0.717) is 0 Å². The number of halogens is 3. The summed E-state index contributed by atoms with van der Waals surface area (Å²) in [6.07, 6.45) is -3.00. The standard InChI is InChI=1S/C6H9ClF2O3/c1-2-12-5(11)3-4(10)6(7,8)9/h4,10H,2-3H2,1H3. The van der Waals surface area contributed by atoms with Crippen LogP contribution in [0.3, 0.4) is 0 Å². The van der Waals surface area contributed by atoms with E-state index in [0.717, 1.165) is 0 Å². The summed E-state index contributed by atoms with van der Waals surface area (Å²) in [6, 6.07) is 0. The summed E-state index contributed by atoms with van der Waals surface area (Å²) in [7, 11) is 0. The van der Waals surface area contributed by atoms with Gasteiger partial charge in [-0.05, 0) is 18.5 Å². The van der Waals surface area contributed by atoms with Gasteiger partial charge >= 0.3 is 11.4 Å². The van der Waals surface area contributed by atoms with Gasteiger partial charge in [0, 0.05) is 0 Å². The van der Waals surface area contributed by atoms with Gasteiger partial charge in [-0.1, -0.05) is 0 Å². The van der Waals surface area contributed by atoms with Crippen molar-refractivity contribution in [3.05, 3.63) is 0 Å². The van der Waals surface area contributed by atoms with E-state index in [1.165, 1.54) is 6.92 Å². The quantitative estimate of drug-likeness (QED) is 0.549. The van der Waals surface area contributed by atoms with Crippen molar-refractivity contribution in [2.24, 2.45) is 0 Å². The van der Waals surface area contributed by atoms with E-state index in [1.807, 2.05) is 0 Å². The molecule has 0 amide bonds. The Labute approximate surface area is 73.3 Å². The third kappa shape index (κ3) is 4.46. The van der Waals surface area contributed by atoms with Gasteiger partial charge in [-0.2, -0.15) is 8.78 Å². The molecule has 0 aliphatic rings. The summed E-state index contributed by atoms with van der Waals surface area (Å²) in [4.78, 5) is 10.5. The van der Waals surface area contributed by atoms with Crippen molar-refractivity contribution in [2.75, 3.05) is 6.61 Å². The molecule has 0 saturated heterocycles. The van der Waals surface area contributed by atoms with Crippen LogP contribution in [0.4, 0.5) is 8.78 Å². The molecule has 12 heavy (non-hydrogen) atoms. The summed E-state index contributed by atoms with van der Waals surface area (Å²) >= 11 is 4.44. The molecular weight excluding hydrogens is 194 g/mol. The van der Waals surface area contributed by atoms with E-state index in [1.54, 1.807) is 0 Å². The molecule has 3 nitrogen and oxygen atoms in total. The molecule has 0 aromatic heterocycles. The summed E-state index contributed by atoms with van der Waals surface area (Å²) in [5.74, 6) is -0.898. The zero-order valence-corrected chi connectivity index (χ0v) is 7.15. The Morgan fingerprint density at radius 1 is 1.75 bits per heavy atom.